The molecule has 1 saturated heterocycles. The topological polar surface area (TPSA) is 53.4 Å². The molecule has 1 aliphatic heterocycles. The molecule has 1 unspecified atom stereocenters. The summed E-state index contributed by atoms with van der Waals surface area (Å²) >= 11 is 1.67. The molecule has 1 atom stereocenters. The van der Waals surface area contributed by atoms with Gasteiger partial charge in [-0.3, -0.25) is 9.69 Å². The van der Waals surface area contributed by atoms with E-state index in [4.69, 9.17) is 0 Å². The fourth-order valence-electron chi connectivity index (χ4n) is 2.29. The number of hydrogen-bond acceptors (Lipinski definition) is 4. The Morgan fingerprint density at radius 3 is 2.74 bits per heavy atom. The second-order valence-electron chi connectivity index (χ2n) is 6.70. The average molecular weight is 282 g/mol. The van der Waals surface area contributed by atoms with Gasteiger partial charge in [-0.15, -0.1) is 11.3 Å². The minimum atomic E-state index is -0.690. The van der Waals surface area contributed by atoms with Crippen molar-refractivity contribution >= 4 is 17.3 Å². The molecule has 2 rings (SSSR count). The van der Waals surface area contributed by atoms with Crippen molar-refractivity contribution in [3.8, 4) is 0 Å². The number of thiazole rings is 1. The third-order valence-electron chi connectivity index (χ3n) is 3.75. The van der Waals surface area contributed by atoms with Gasteiger partial charge >= 0.3 is 5.97 Å². The van der Waals surface area contributed by atoms with Gasteiger partial charge in [0.05, 0.1) is 17.7 Å². The van der Waals surface area contributed by atoms with Crippen LogP contribution in [0.5, 0.6) is 0 Å². The van der Waals surface area contributed by atoms with Gasteiger partial charge in [-0.2, -0.15) is 0 Å². The highest BCUT2D eigenvalue weighted by atomic mass is 32.1. The number of carboxylic acid groups (broad SMARTS) is 1. The first-order chi connectivity index (χ1) is 8.71. The van der Waals surface area contributed by atoms with Gasteiger partial charge in [-0.25, -0.2) is 4.98 Å². The summed E-state index contributed by atoms with van der Waals surface area (Å²) in [5, 5.41) is 12.4. The molecule has 5 heteroatoms. The van der Waals surface area contributed by atoms with E-state index < -0.39 is 11.4 Å². The smallest absolute Gasteiger partial charge is 0.310 e. The highest BCUT2D eigenvalue weighted by Crippen LogP contribution is 2.32. The minimum absolute atomic E-state index is 0.0787. The van der Waals surface area contributed by atoms with E-state index in [9.17, 15) is 9.90 Å². The van der Waals surface area contributed by atoms with Crippen LogP contribution in [0, 0.1) is 5.41 Å². The zero-order chi connectivity index (χ0) is 14.3. The summed E-state index contributed by atoms with van der Waals surface area (Å²) in [6.07, 6.45) is 0.722. The lowest BCUT2D eigenvalue weighted by Crippen LogP contribution is -2.31. The van der Waals surface area contributed by atoms with Crippen molar-refractivity contribution in [3.63, 3.8) is 0 Å². The van der Waals surface area contributed by atoms with E-state index in [-0.39, 0.29) is 5.41 Å². The van der Waals surface area contributed by atoms with Crippen LogP contribution in [0.3, 0.4) is 0 Å². The number of likely N-dealkylation sites (tertiary alicyclic amines) is 1. The standard InChI is InChI=1S/C14H22N2O2S/c1-13(2,3)10-8-19-11(15-10)7-16-6-5-14(4,9-16)12(17)18/h8H,5-7,9H2,1-4H3,(H,17,18). The zero-order valence-corrected chi connectivity index (χ0v) is 12.9. The van der Waals surface area contributed by atoms with Crippen LogP contribution >= 0.6 is 11.3 Å². The third kappa shape index (κ3) is 3.15. The molecule has 1 aromatic rings. The molecule has 0 saturated carbocycles. The van der Waals surface area contributed by atoms with E-state index in [1.54, 1.807) is 11.3 Å². The predicted molar refractivity (Wildman–Crippen MR) is 76.5 cm³/mol. The van der Waals surface area contributed by atoms with Gasteiger partial charge in [-0.05, 0) is 19.9 Å². The largest absolute Gasteiger partial charge is 0.481 e. The molecule has 1 aromatic heterocycles. The summed E-state index contributed by atoms with van der Waals surface area (Å²) in [4.78, 5) is 18.1. The van der Waals surface area contributed by atoms with Crippen molar-refractivity contribution in [2.24, 2.45) is 5.41 Å². The van der Waals surface area contributed by atoms with E-state index in [0.717, 1.165) is 30.2 Å². The van der Waals surface area contributed by atoms with E-state index in [2.05, 4.69) is 36.0 Å². The Bertz CT molecular complexity index is 478. The molecular formula is C14H22N2O2S. The van der Waals surface area contributed by atoms with Crippen LogP contribution in [0.25, 0.3) is 0 Å². The second-order valence-corrected chi connectivity index (χ2v) is 7.65. The predicted octanol–water partition coefficient (Wildman–Crippen LogP) is 2.74. The van der Waals surface area contributed by atoms with E-state index in [1.165, 1.54) is 0 Å². The van der Waals surface area contributed by atoms with Gasteiger partial charge in [0.2, 0.25) is 0 Å². The van der Waals surface area contributed by atoms with Crippen molar-refractivity contribution in [1.82, 2.24) is 9.88 Å². The maximum Gasteiger partial charge on any atom is 0.310 e. The van der Waals surface area contributed by atoms with Gasteiger partial charge in [0.25, 0.3) is 0 Å². The van der Waals surface area contributed by atoms with Crippen LogP contribution in [0.2, 0.25) is 0 Å². The Morgan fingerprint density at radius 1 is 1.58 bits per heavy atom. The van der Waals surface area contributed by atoms with Crippen LogP contribution in [-0.4, -0.2) is 34.0 Å². The Kier molecular flexibility index (Phi) is 3.71. The molecule has 0 bridgehead atoms. The maximum atomic E-state index is 11.2. The Labute approximate surface area is 118 Å². The van der Waals surface area contributed by atoms with Crippen LogP contribution in [0.4, 0.5) is 0 Å². The quantitative estimate of drug-likeness (QED) is 0.926. The van der Waals surface area contributed by atoms with Gasteiger partial charge in [0.15, 0.2) is 0 Å². The van der Waals surface area contributed by atoms with E-state index in [0.29, 0.717) is 6.54 Å². The normalized spacial score (nSPS) is 24.8. The molecule has 0 spiro atoms. The molecule has 106 valence electrons. The van der Waals surface area contributed by atoms with Gasteiger partial charge in [0, 0.05) is 17.3 Å². The maximum absolute atomic E-state index is 11.2. The molecular weight excluding hydrogens is 260 g/mol. The molecule has 0 aromatic carbocycles. The molecule has 0 amide bonds. The van der Waals surface area contributed by atoms with E-state index in [1.807, 2.05) is 6.92 Å². The fraction of sp³-hybridized carbons (Fsp3) is 0.714. The highest BCUT2D eigenvalue weighted by Gasteiger charge is 2.40. The molecule has 4 nitrogen and oxygen atoms in total. The molecule has 0 radical (unpaired) electrons. The Balaban J connectivity index is 2.00. The molecule has 2 heterocycles. The first-order valence-electron chi connectivity index (χ1n) is 6.61. The van der Waals surface area contributed by atoms with Crippen molar-refractivity contribution < 1.29 is 9.90 Å². The number of carboxylic acids is 1. The Hall–Kier alpha value is -0.940. The molecule has 19 heavy (non-hydrogen) atoms. The first-order valence-corrected chi connectivity index (χ1v) is 7.49. The lowest BCUT2D eigenvalue weighted by atomic mass is 9.90. The summed E-state index contributed by atoms with van der Waals surface area (Å²) in [6.45, 7) is 10.5. The van der Waals surface area contributed by atoms with Crippen LogP contribution in [-0.2, 0) is 16.8 Å². The van der Waals surface area contributed by atoms with Crippen LogP contribution in [0.1, 0.15) is 44.8 Å². The van der Waals surface area contributed by atoms with Crippen LogP contribution < -0.4 is 0 Å². The summed E-state index contributed by atoms with van der Waals surface area (Å²) in [6, 6.07) is 0. The number of aromatic nitrogens is 1. The summed E-state index contributed by atoms with van der Waals surface area (Å²) < 4.78 is 0. The second kappa shape index (κ2) is 4.87. The molecule has 0 aliphatic carbocycles. The number of nitrogens with zero attached hydrogens (tertiary/aromatic N) is 2. The third-order valence-corrected chi connectivity index (χ3v) is 4.58. The molecule has 1 aliphatic rings. The summed E-state index contributed by atoms with van der Waals surface area (Å²) in [5.41, 5.74) is 0.604. The van der Waals surface area contributed by atoms with E-state index >= 15 is 0 Å². The summed E-state index contributed by atoms with van der Waals surface area (Å²) in [7, 11) is 0. The SMILES string of the molecule is CC1(C(=O)O)CCN(Cc2nc(C(C)(C)C)cs2)C1. The average Bonchev–Trinajstić information content (AvgIpc) is 2.86. The zero-order valence-electron chi connectivity index (χ0n) is 12.1. The van der Waals surface area contributed by atoms with Crippen molar-refractivity contribution in [3.05, 3.63) is 16.1 Å². The van der Waals surface area contributed by atoms with Crippen molar-refractivity contribution in [2.45, 2.75) is 46.1 Å². The van der Waals surface area contributed by atoms with Crippen molar-refractivity contribution in [1.29, 1.82) is 0 Å². The van der Waals surface area contributed by atoms with Gasteiger partial charge in [-0.1, -0.05) is 20.8 Å². The minimum Gasteiger partial charge on any atom is -0.481 e. The molecule has 1 N–H and O–H groups in total. The highest BCUT2D eigenvalue weighted by molar-refractivity contribution is 7.09. The number of aliphatic carboxylic acids is 1. The number of hydrogen-bond donors (Lipinski definition) is 1. The monoisotopic (exact) mass is 282 g/mol. The fourth-order valence-corrected chi connectivity index (χ4v) is 3.35. The number of carbonyl (C=O) groups is 1. The first kappa shape index (κ1) is 14.5. The molecule has 1 fully saturated rings. The van der Waals surface area contributed by atoms with Gasteiger partial charge in [0.1, 0.15) is 5.01 Å². The lowest BCUT2D eigenvalue weighted by Gasteiger charge is -2.19. The Morgan fingerprint density at radius 2 is 2.26 bits per heavy atom. The summed E-state index contributed by atoms with van der Waals surface area (Å²) in [5.74, 6) is -0.690. The lowest BCUT2D eigenvalue weighted by molar-refractivity contribution is -0.147. The number of rotatable bonds is 3. The van der Waals surface area contributed by atoms with Crippen LogP contribution in [0.15, 0.2) is 5.38 Å². The van der Waals surface area contributed by atoms with Gasteiger partial charge < -0.3 is 5.11 Å². The van der Waals surface area contributed by atoms with Crippen molar-refractivity contribution in [2.75, 3.05) is 13.1 Å².